The molecule has 0 bridgehead atoms. The van der Waals surface area contributed by atoms with Crippen LogP contribution in [-0.4, -0.2) is 30.5 Å². The highest BCUT2D eigenvalue weighted by Crippen LogP contribution is 1.69. The van der Waals surface area contributed by atoms with Gasteiger partial charge in [0, 0.05) is 12.8 Å². The number of urea groups is 1. The van der Waals surface area contributed by atoms with Gasteiger partial charge in [0.1, 0.15) is 0 Å². The van der Waals surface area contributed by atoms with Gasteiger partial charge in [0.05, 0.1) is 6.61 Å². The summed E-state index contributed by atoms with van der Waals surface area (Å²) in [6, 6.07) is -0.411. The predicted molar refractivity (Wildman–Crippen MR) is 34.7 cm³/mol. The largest absolute Gasteiger partial charge is 0.395 e. The SMILES string of the molecule is CC=NC(=O)NCCO. The van der Waals surface area contributed by atoms with Gasteiger partial charge in [0.2, 0.25) is 0 Å². The number of hydrogen-bond acceptors (Lipinski definition) is 2. The van der Waals surface area contributed by atoms with Crippen molar-refractivity contribution in [3.8, 4) is 0 Å². The van der Waals surface area contributed by atoms with Gasteiger partial charge in [-0.2, -0.15) is 0 Å². The van der Waals surface area contributed by atoms with Crippen molar-refractivity contribution >= 4 is 12.2 Å². The van der Waals surface area contributed by atoms with E-state index in [-0.39, 0.29) is 13.2 Å². The Bertz CT molecular complexity index is 112. The Morgan fingerprint density at radius 1 is 1.89 bits per heavy atom. The van der Waals surface area contributed by atoms with Crippen molar-refractivity contribution in [3.63, 3.8) is 0 Å². The summed E-state index contributed by atoms with van der Waals surface area (Å²) in [6.07, 6.45) is 1.40. The summed E-state index contributed by atoms with van der Waals surface area (Å²) in [5.41, 5.74) is 0. The van der Waals surface area contributed by atoms with Gasteiger partial charge in [0.15, 0.2) is 0 Å². The summed E-state index contributed by atoms with van der Waals surface area (Å²) in [4.78, 5) is 13.8. The fraction of sp³-hybridized carbons (Fsp3) is 0.600. The van der Waals surface area contributed by atoms with Gasteiger partial charge in [-0.25, -0.2) is 9.79 Å². The van der Waals surface area contributed by atoms with E-state index in [4.69, 9.17) is 5.11 Å². The number of carbonyl (C=O) groups is 1. The van der Waals surface area contributed by atoms with E-state index in [0.717, 1.165) is 0 Å². The van der Waals surface area contributed by atoms with Crippen molar-refractivity contribution in [2.24, 2.45) is 4.99 Å². The maximum absolute atomic E-state index is 10.4. The number of nitrogens with one attached hydrogen (secondary N) is 1. The molecule has 2 amide bonds. The lowest BCUT2D eigenvalue weighted by molar-refractivity contribution is 0.242. The molecule has 0 saturated heterocycles. The average molecular weight is 130 g/mol. The van der Waals surface area contributed by atoms with Crippen molar-refractivity contribution in [3.05, 3.63) is 0 Å². The summed E-state index contributed by atoms with van der Waals surface area (Å²) in [7, 11) is 0. The molecule has 0 aliphatic heterocycles. The van der Waals surface area contributed by atoms with Crippen LogP contribution in [0.4, 0.5) is 4.79 Å². The maximum atomic E-state index is 10.4. The van der Waals surface area contributed by atoms with Gasteiger partial charge in [-0.05, 0) is 6.92 Å². The first-order valence-electron chi connectivity index (χ1n) is 2.68. The zero-order valence-electron chi connectivity index (χ0n) is 5.29. The Morgan fingerprint density at radius 3 is 3.00 bits per heavy atom. The van der Waals surface area contributed by atoms with Crippen LogP contribution >= 0.6 is 0 Å². The molecule has 0 aromatic rings. The second kappa shape index (κ2) is 5.24. The third kappa shape index (κ3) is 4.96. The molecule has 0 saturated carbocycles. The molecule has 0 aliphatic carbocycles. The second-order valence-corrected chi connectivity index (χ2v) is 1.34. The van der Waals surface area contributed by atoms with Gasteiger partial charge in [-0.15, -0.1) is 0 Å². The van der Waals surface area contributed by atoms with Crippen molar-refractivity contribution in [1.82, 2.24) is 5.32 Å². The van der Waals surface area contributed by atoms with E-state index in [1.165, 1.54) is 6.21 Å². The van der Waals surface area contributed by atoms with Gasteiger partial charge in [-0.1, -0.05) is 0 Å². The molecule has 4 nitrogen and oxygen atoms in total. The van der Waals surface area contributed by atoms with Crippen LogP contribution in [-0.2, 0) is 0 Å². The summed E-state index contributed by atoms with van der Waals surface area (Å²) in [5.74, 6) is 0. The summed E-state index contributed by atoms with van der Waals surface area (Å²) < 4.78 is 0. The topological polar surface area (TPSA) is 61.7 Å². The van der Waals surface area contributed by atoms with E-state index in [0.29, 0.717) is 0 Å². The first kappa shape index (κ1) is 8.10. The lowest BCUT2D eigenvalue weighted by atomic mass is 10.7. The Labute approximate surface area is 53.6 Å². The predicted octanol–water partition coefficient (Wildman–Crippen LogP) is -0.221. The van der Waals surface area contributed by atoms with E-state index in [2.05, 4.69) is 10.3 Å². The van der Waals surface area contributed by atoms with Crippen molar-refractivity contribution in [1.29, 1.82) is 0 Å². The molecule has 0 radical (unpaired) electrons. The van der Waals surface area contributed by atoms with Crippen molar-refractivity contribution in [2.45, 2.75) is 6.92 Å². The Hall–Kier alpha value is -0.900. The Kier molecular flexibility index (Phi) is 4.72. The minimum Gasteiger partial charge on any atom is -0.395 e. The lowest BCUT2D eigenvalue weighted by Crippen LogP contribution is -2.22. The molecular formula is C5H10N2O2. The van der Waals surface area contributed by atoms with E-state index in [9.17, 15) is 4.79 Å². The molecule has 0 aromatic carbocycles. The standard InChI is InChI=1S/C5H10N2O2/c1-2-6-5(9)7-3-4-8/h2,8H,3-4H2,1H3,(H,7,9). The van der Waals surface area contributed by atoms with Crippen LogP contribution in [0, 0.1) is 0 Å². The fourth-order valence-corrected chi connectivity index (χ4v) is 0.326. The highest BCUT2D eigenvalue weighted by atomic mass is 16.3. The Morgan fingerprint density at radius 2 is 2.56 bits per heavy atom. The van der Waals surface area contributed by atoms with Crippen LogP contribution < -0.4 is 5.32 Å². The van der Waals surface area contributed by atoms with Gasteiger partial charge >= 0.3 is 6.03 Å². The average Bonchev–Trinajstić information content (AvgIpc) is 1.85. The number of aliphatic imine (C=N–C) groups is 1. The minimum atomic E-state index is -0.411. The Balaban J connectivity index is 3.27. The zero-order valence-corrected chi connectivity index (χ0v) is 5.29. The molecule has 0 heterocycles. The van der Waals surface area contributed by atoms with E-state index >= 15 is 0 Å². The third-order valence-corrected chi connectivity index (χ3v) is 0.634. The molecule has 0 atom stereocenters. The molecule has 4 heteroatoms. The molecule has 52 valence electrons. The minimum absolute atomic E-state index is 0.0506. The molecule has 9 heavy (non-hydrogen) atoms. The summed E-state index contributed by atoms with van der Waals surface area (Å²) >= 11 is 0. The van der Waals surface area contributed by atoms with E-state index < -0.39 is 6.03 Å². The van der Waals surface area contributed by atoms with Crippen LogP contribution in [0.15, 0.2) is 4.99 Å². The molecule has 0 aromatic heterocycles. The molecule has 0 aliphatic rings. The summed E-state index contributed by atoms with van der Waals surface area (Å²) in [5, 5.41) is 10.6. The van der Waals surface area contributed by atoms with Gasteiger partial charge in [-0.3, -0.25) is 0 Å². The second-order valence-electron chi connectivity index (χ2n) is 1.34. The van der Waals surface area contributed by atoms with E-state index in [1.54, 1.807) is 6.92 Å². The molecule has 0 unspecified atom stereocenters. The van der Waals surface area contributed by atoms with Gasteiger partial charge < -0.3 is 10.4 Å². The normalized spacial score (nSPS) is 10.0. The number of nitrogens with zero attached hydrogens (tertiary/aromatic N) is 1. The molecule has 0 rings (SSSR count). The lowest BCUT2D eigenvalue weighted by Gasteiger charge is -1.94. The van der Waals surface area contributed by atoms with Crippen LogP contribution in [0.2, 0.25) is 0 Å². The first-order chi connectivity index (χ1) is 4.31. The van der Waals surface area contributed by atoms with Crippen molar-refractivity contribution in [2.75, 3.05) is 13.2 Å². The zero-order chi connectivity index (χ0) is 7.11. The highest BCUT2D eigenvalue weighted by Gasteiger charge is 1.90. The quantitative estimate of drug-likeness (QED) is 0.507. The molecular weight excluding hydrogens is 120 g/mol. The number of rotatable bonds is 2. The summed E-state index contributed by atoms with van der Waals surface area (Å²) in [6.45, 7) is 1.86. The van der Waals surface area contributed by atoms with Crippen LogP contribution in [0.25, 0.3) is 0 Å². The van der Waals surface area contributed by atoms with Crippen LogP contribution in [0.1, 0.15) is 6.92 Å². The number of hydrogen-bond donors (Lipinski definition) is 2. The van der Waals surface area contributed by atoms with Gasteiger partial charge in [0.25, 0.3) is 0 Å². The van der Waals surface area contributed by atoms with E-state index in [1.807, 2.05) is 0 Å². The van der Waals surface area contributed by atoms with Crippen LogP contribution in [0.3, 0.4) is 0 Å². The molecule has 0 fully saturated rings. The monoisotopic (exact) mass is 130 g/mol. The molecule has 0 spiro atoms. The van der Waals surface area contributed by atoms with Crippen LogP contribution in [0.5, 0.6) is 0 Å². The maximum Gasteiger partial charge on any atom is 0.340 e. The number of carbonyl (C=O) groups excluding carboxylic acids is 1. The number of aliphatic hydroxyl groups is 1. The fourth-order valence-electron chi connectivity index (χ4n) is 0.326. The van der Waals surface area contributed by atoms with Crippen molar-refractivity contribution < 1.29 is 9.90 Å². The highest BCUT2D eigenvalue weighted by molar-refractivity contribution is 5.82. The third-order valence-electron chi connectivity index (χ3n) is 0.634. The smallest absolute Gasteiger partial charge is 0.340 e. The number of amides is 2. The first-order valence-corrected chi connectivity index (χ1v) is 2.68. The molecule has 2 N–H and O–H groups in total. The number of aliphatic hydroxyl groups excluding tert-OH is 1.